The number of sulfonamides is 1. The Morgan fingerprint density at radius 2 is 2.00 bits per heavy atom. The average Bonchev–Trinajstić information content (AvgIpc) is 2.19. The highest BCUT2D eigenvalue weighted by Crippen LogP contribution is 2.20. The smallest absolute Gasteiger partial charge is 0.320 e. The molecule has 0 unspecified atom stereocenters. The Bertz CT molecular complexity index is 614. The molecule has 0 heterocycles. The van der Waals surface area contributed by atoms with Crippen LogP contribution >= 0.6 is 0 Å². The third-order valence-corrected chi connectivity index (χ3v) is 3.02. The molecule has 0 fully saturated rings. The van der Waals surface area contributed by atoms with Crippen LogP contribution in [-0.2, 0) is 19.6 Å². The lowest BCUT2D eigenvalue weighted by molar-refractivity contribution is -0.134. The third kappa shape index (κ3) is 4.92. The van der Waals surface area contributed by atoms with Crippen molar-refractivity contribution in [1.29, 1.82) is 0 Å². The molecular formula is C10H11FN2O5S. The zero-order chi connectivity index (χ0) is 14.6. The summed E-state index contributed by atoms with van der Waals surface area (Å²) in [6, 6.07) is 3.24. The van der Waals surface area contributed by atoms with E-state index in [0.717, 1.165) is 12.1 Å². The van der Waals surface area contributed by atoms with Gasteiger partial charge >= 0.3 is 5.97 Å². The first-order chi connectivity index (χ1) is 8.69. The minimum Gasteiger partial charge on any atom is -0.480 e. The minimum absolute atomic E-state index is 0.182. The molecule has 3 N–H and O–H groups in total. The van der Waals surface area contributed by atoms with E-state index >= 15 is 0 Å². The summed E-state index contributed by atoms with van der Waals surface area (Å²) in [5, 5.41) is 10.7. The number of carbonyl (C=O) groups is 2. The van der Waals surface area contributed by atoms with Gasteiger partial charge in [0.25, 0.3) is 0 Å². The van der Waals surface area contributed by atoms with Crippen molar-refractivity contribution >= 4 is 33.3 Å². The van der Waals surface area contributed by atoms with Crippen molar-refractivity contribution in [3.8, 4) is 0 Å². The van der Waals surface area contributed by atoms with Gasteiger partial charge < -0.3 is 10.4 Å². The summed E-state index contributed by atoms with van der Waals surface area (Å²) in [5.74, 6) is -4.04. The first-order valence-electron chi connectivity index (χ1n) is 4.99. The van der Waals surface area contributed by atoms with Gasteiger partial charge in [0.05, 0.1) is 5.69 Å². The fourth-order valence-electron chi connectivity index (χ4n) is 1.25. The molecule has 7 nitrogen and oxygen atoms in total. The normalized spacial score (nSPS) is 10.8. The number of nitrogens with one attached hydrogen (secondary N) is 2. The number of hydrogen-bond acceptors (Lipinski definition) is 4. The molecule has 0 aliphatic carbocycles. The molecule has 1 rings (SSSR count). The van der Waals surface area contributed by atoms with Gasteiger partial charge in [0, 0.05) is 12.6 Å². The number of anilines is 2. The molecule has 0 saturated heterocycles. The molecule has 0 aliphatic heterocycles. The van der Waals surface area contributed by atoms with Gasteiger partial charge in [-0.15, -0.1) is 0 Å². The summed E-state index contributed by atoms with van der Waals surface area (Å²) in [6.45, 7) is 1.23. The van der Waals surface area contributed by atoms with Gasteiger partial charge in [-0.25, -0.2) is 12.8 Å². The van der Waals surface area contributed by atoms with Gasteiger partial charge in [-0.05, 0) is 18.2 Å². The summed E-state index contributed by atoms with van der Waals surface area (Å²) in [7, 11) is -4.20. The van der Waals surface area contributed by atoms with Crippen molar-refractivity contribution in [1.82, 2.24) is 0 Å². The van der Waals surface area contributed by atoms with E-state index in [1.807, 2.05) is 0 Å². The van der Waals surface area contributed by atoms with Crippen molar-refractivity contribution in [2.45, 2.75) is 6.92 Å². The number of carboxylic acids is 1. The van der Waals surface area contributed by atoms with Gasteiger partial charge in [-0.3, -0.25) is 14.3 Å². The number of amides is 1. The first-order valence-corrected chi connectivity index (χ1v) is 6.64. The van der Waals surface area contributed by atoms with Crippen molar-refractivity contribution in [3.05, 3.63) is 24.0 Å². The largest absolute Gasteiger partial charge is 0.480 e. The summed E-state index contributed by atoms with van der Waals surface area (Å²) >= 11 is 0. The van der Waals surface area contributed by atoms with Crippen LogP contribution in [0.25, 0.3) is 0 Å². The maximum absolute atomic E-state index is 13.4. The standard InChI is InChI=1S/C10H11FN2O5S/c1-6(14)12-7-2-3-8(11)9(4-7)13-19(17,18)5-10(15)16/h2-4,13H,5H2,1H3,(H,12,14)(H,15,16). The van der Waals surface area contributed by atoms with Crippen LogP contribution in [0.3, 0.4) is 0 Å². The van der Waals surface area contributed by atoms with Crippen molar-refractivity contribution in [2.75, 3.05) is 15.8 Å². The molecule has 1 aromatic carbocycles. The number of carboxylic acid groups (broad SMARTS) is 1. The number of aliphatic carboxylic acids is 1. The monoisotopic (exact) mass is 290 g/mol. The van der Waals surface area contributed by atoms with Crippen molar-refractivity contribution in [2.24, 2.45) is 0 Å². The SMILES string of the molecule is CC(=O)Nc1ccc(F)c(NS(=O)(=O)CC(=O)O)c1. The second-order valence-corrected chi connectivity index (χ2v) is 5.35. The zero-order valence-electron chi connectivity index (χ0n) is 9.81. The van der Waals surface area contributed by atoms with E-state index in [9.17, 15) is 22.4 Å². The Morgan fingerprint density at radius 1 is 1.37 bits per heavy atom. The Kier molecular flexibility index (Phi) is 4.43. The molecule has 0 aromatic heterocycles. The summed E-state index contributed by atoms with van der Waals surface area (Å²) in [6.07, 6.45) is 0. The molecule has 1 aromatic rings. The summed E-state index contributed by atoms with van der Waals surface area (Å²) in [5.41, 5.74) is -0.255. The van der Waals surface area contributed by atoms with Crippen LogP contribution in [0.15, 0.2) is 18.2 Å². The van der Waals surface area contributed by atoms with E-state index < -0.39 is 39.2 Å². The van der Waals surface area contributed by atoms with Crippen molar-refractivity contribution in [3.63, 3.8) is 0 Å². The third-order valence-electron chi connectivity index (χ3n) is 1.87. The number of hydrogen-bond donors (Lipinski definition) is 3. The molecule has 104 valence electrons. The van der Waals surface area contributed by atoms with E-state index in [1.54, 1.807) is 4.72 Å². The highest BCUT2D eigenvalue weighted by molar-refractivity contribution is 7.93. The molecule has 0 bridgehead atoms. The molecule has 0 radical (unpaired) electrons. The lowest BCUT2D eigenvalue weighted by Gasteiger charge is -2.09. The van der Waals surface area contributed by atoms with Crippen LogP contribution in [-0.4, -0.2) is 31.2 Å². The highest BCUT2D eigenvalue weighted by atomic mass is 32.2. The lowest BCUT2D eigenvalue weighted by Crippen LogP contribution is -2.23. The predicted molar refractivity (Wildman–Crippen MR) is 65.7 cm³/mol. The average molecular weight is 290 g/mol. The van der Waals surface area contributed by atoms with Crippen LogP contribution in [0.1, 0.15) is 6.92 Å². The van der Waals surface area contributed by atoms with Crippen molar-refractivity contribution < 1.29 is 27.5 Å². The second-order valence-electron chi connectivity index (χ2n) is 3.63. The minimum atomic E-state index is -4.20. The van der Waals surface area contributed by atoms with E-state index in [1.165, 1.54) is 13.0 Å². The van der Waals surface area contributed by atoms with Gasteiger partial charge in [-0.2, -0.15) is 0 Å². The number of benzene rings is 1. The second kappa shape index (κ2) is 5.65. The van der Waals surface area contributed by atoms with E-state index in [4.69, 9.17) is 5.11 Å². The molecule has 0 aliphatic rings. The Morgan fingerprint density at radius 3 is 2.53 bits per heavy atom. The Labute approximate surface area is 108 Å². The maximum atomic E-state index is 13.4. The molecular weight excluding hydrogens is 279 g/mol. The van der Waals surface area contributed by atoms with E-state index in [2.05, 4.69) is 5.32 Å². The number of halogens is 1. The van der Waals surface area contributed by atoms with Gasteiger partial charge in [0.1, 0.15) is 5.82 Å². The van der Waals surface area contributed by atoms with Crippen LogP contribution in [0.2, 0.25) is 0 Å². The lowest BCUT2D eigenvalue weighted by atomic mass is 10.2. The fourth-order valence-corrected chi connectivity index (χ4v) is 2.14. The topological polar surface area (TPSA) is 113 Å². The molecule has 1 amide bonds. The molecule has 19 heavy (non-hydrogen) atoms. The Balaban J connectivity index is 3.00. The quantitative estimate of drug-likeness (QED) is 0.735. The zero-order valence-corrected chi connectivity index (χ0v) is 10.6. The molecule has 0 spiro atoms. The number of carbonyl (C=O) groups excluding carboxylic acids is 1. The van der Waals surface area contributed by atoms with Crippen LogP contribution in [0.5, 0.6) is 0 Å². The van der Waals surface area contributed by atoms with E-state index in [-0.39, 0.29) is 5.69 Å². The van der Waals surface area contributed by atoms with Gasteiger partial charge in [0.2, 0.25) is 15.9 Å². The highest BCUT2D eigenvalue weighted by Gasteiger charge is 2.17. The first kappa shape index (κ1) is 14.9. The fraction of sp³-hybridized carbons (Fsp3) is 0.200. The van der Waals surface area contributed by atoms with Crippen LogP contribution in [0.4, 0.5) is 15.8 Å². The van der Waals surface area contributed by atoms with Crippen LogP contribution in [0, 0.1) is 5.82 Å². The predicted octanol–water partition coefficient (Wildman–Crippen LogP) is 0.610. The maximum Gasteiger partial charge on any atom is 0.320 e. The van der Waals surface area contributed by atoms with Crippen LogP contribution < -0.4 is 10.0 Å². The number of rotatable bonds is 5. The molecule has 9 heteroatoms. The molecule has 0 saturated carbocycles. The summed E-state index contributed by atoms with van der Waals surface area (Å²) in [4.78, 5) is 21.2. The summed E-state index contributed by atoms with van der Waals surface area (Å²) < 4.78 is 37.9. The molecule has 0 atom stereocenters. The van der Waals surface area contributed by atoms with E-state index in [0.29, 0.717) is 0 Å². The Hall–Kier alpha value is -2.16. The van der Waals surface area contributed by atoms with Gasteiger partial charge in [-0.1, -0.05) is 0 Å². The van der Waals surface area contributed by atoms with Gasteiger partial charge in [0.15, 0.2) is 5.75 Å².